The summed E-state index contributed by atoms with van der Waals surface area (Å²) >= 11 is 1.88. The van der Waals surface area contributed by atoms with Crippen LogP contribution in [-0.4, -0.2) is 15.8 Å². The first-order valence-corrected chi connectivity index (χ1v) is 6.49. The molecule has 3 heteroatoms. The minimum absolute atomic E-state index is 0.243. The zero-order chi connectivity index (χ0) is 12.9. The SMILES string of the molecule is CC(C)(C)SCc1cccc(C=CC(=O)O)c1. The first-order chi connectivity index (χ1) is 7.87. The highest BCUT2D eigenvalue weighted by atomic mass is 32.2. The molecular formula is C14H18O2S. The molecule has 92 valence electrons. The molecule has 0 unspecified atom stereocenters. The first kappa shape index (κ1) is 13.8. The van der Waals surface area contributed by atoms with Crippen LogP contribution in [0.5, 0.6) is 0 Å². The van der Waals surface area contributed by atoms with Gasteiger partial charge in [0, 0.05) is 16.6 Å². The Balaban J connectivity index is 2.69. The summed E-state index contributed by atoms with van der Waals surface area (Å²) in [6.07, 6.45) is 2.78. The van der Waals surface area contributed by atoms with Crippen LogP contribution < -0.4 is 0 Å². The number of carboxylic acids is 1. The molecule has 0 saturated carbocycles. The summed E-state index contributed by atoms with van der Waals surface area (Å²) in [4.78, 5) is 10.4. The fraction of sp³-hybridized carbons (Fsp3) is 0.357. The fourth-order valence-electron chi connectivity index (χ4n) is 1.25. The van der Waals surface area contributed by atoms with E-state index in [9.17, 15) is 4.79 Å². The molecule has 0 saturated heterocycles. The molecule has 17 heavy (non-hydrogen) atoms. The van der Waals surface area contributed by atoms with Gasteiger partial charge in [0.05, 0.1) is 0 Å². The van der Waals surface area contributed by atoms with Crippen molar-refractivity contribution in [3.8, 4) is 0 Å². The lowest BCUT2D eigenvalue weighted by atomic mass is 10.1. The molecule has 1 N–H and O–H groups in total. The van der Waals surface area contributed by atoms with E-state index >= 15 is 0 Å². The van der Waals surface area contributed by atoms with Crippen molar-refractivity contribution in [1.82, 2.24) is 0 Å². The molecule has 0 aliphatic rings. The highest BCUT2D eigenvalue weighted by Crippen LogP contribution is 2.27. The topological polar surface area (TPSA) is 37.3 Å². The second kappa shape index (κ2) is 5.92. The van der Waals surface area contributed by atoms with Crippen LogP contribution in [-0.2, 0) is 10.5 Å². The Morgan fingerprint density at radius 1 is 1.41 bits per heavy atom. The summed E-state index contributed by atoms with van der Waals surface area (Å²) in [6.45, 7) is 6.56. The van der Waals surface area contributed by atoms with Gasteiger partial charge in [0.2, 0.25) is 0 Å². The third-order valence-electron chi connectivity index (χ3n) is 2.04. The van der Waals surface area contributed by atoms with Gasteiger partial charge in [0.1, 0.15) is 0 Å². The van der Waals surface area contributed by atoms with Crippen molar-refractivity contribution in [2.45, 2.75) is 31.3 Å². The number of aliphatic carboxylic acids is 1. The van der Waals surface area contributed by atoms with Gasteiger partial charge < -0.3 is 5.11 Å². The Hall–Kier alpha value is -1.22. The summed E-state index contributed by atoms with van der Waals surface area (Å²) in [5, 5.41) is 8.56. The second-order valence-corrected chi connectivity index (χ2v) is 6.62. The van der Waals surface area contributed by atoms with Gasteiger partial charge in [-0.2, -0.15) is 11.8 Å². The molecule has 0 fully saturated rings. The van der Waals surface area contributed by atoms with Crippen molar-refractivity contribution in [2.75, 3.05) is 0 Å². The predicted octanol–water partition coefficient (Wildman–Crippen LogP) is 3.82. The summed E-state index contributed by atoms with van der Waals surface area (Å²) < 4.78 is 0.243. The second-order valence-electron chi connectivity index (χ2n) is 4.82. The molecular weight excluding hydrogens is 232 g/mol. The third-order valence-corrected chi connectivity index (χ3v) is 3.38. The monoisotopic (exact) mass is 250 g/mol. The molecule has 0 amide bonds. The molecule has 2 nitrogen and oxygen atoms in total. The lowest BCUT2D eigenvalue weighted by Gasteiger charge is -2.17. The van der Waals surface area contributed by atoms with Gasteiger partial charge in [0.15, 0.2) is 0 Å². The molecule has 0 heterocycles. The van der Waals surface area contributed by atoms with Gasteiger partial charge in [-0.05, 0) is 17.2 Å². The maximum absolute atomic E-state index is 10.4. The smallest absolute Gasteiger partial charge is 0.328 e. The molecule has 0 spiro atoms. The van der Waals surface area contributed by atoms with Crippen LogP contribution in [0.1, 0.15) is 31.9 Å². The number of hydrogen-bond acceptors (Lipinski definition) is 2. The lowest BCUT2D eigenvalue weighted by Crippen LogP contribution is -2.07. The van der Waals surface area contributed by atoms with Crippen molar-refractivity contribution in [3.05, 3.63) is 41.5 Å². The number of thioether (sulfide) groups is 1. The van der Waals surface area contributed by atoms with E-state index in [4.69, 9.17) is 5.11 Å². The number of benzene rings is 1. The first-order valence-electron chi connectivity index (χ1n) is 5.51. The van der Waals surface area contributed by atoms with Gasteiger partial charge in [-0.3, -0.25) is 0 Å². The summed E-state index contributed by atoms with van der Waals surface area (Å²) in [6, 6.07) is 7.96. The summed E-state index contributed by atoms with van der Waals surface area (Å²) in [5.74, 6) is 0.0256. The van der Waals surface area contributed by atoms with Gasteiger partial charge in [-0.15, -0.1) is 0 Å². The minimum Gasteiger partial charge on any atom is -0.478 e. The average molecular weight is 250 g/mol. The van der Waals surface area contributed by atoms with E-state index in [0.717, 1.165) is 17.4 Å². The number of hydrogen-bond donors (Lipinski definition) is 1. The molecule has 0 aromatic heterocycles. The van der Waals surface area contributed by atoms with Gasteiger partial charge in [-0.25, -0.2) is 4.79 Å². The van der Waals surface area contributed by atoms with E-state index in [1.54, 1.807) is 6.08 Å². The van der Waals surface area contributed by atoms with E-state index < -0.39 is 5.97 Å². The Kier molecular flexibility index (Phi) is 4.82. The van der Waals surface area contributed by atoms with Crippen LogP contribution in [0.15, 0.2) is 30.3 Å². The molecule has 1 aromatic rings. The summed E-state index contributed by atoms with van der Waals surface area (Å²) in [5.41, 5.74) is 2.15. The molecule has 0 aliphatic carbocycles. The van der Waals surface area contributed by atoms with E-state index in [0.29, 0.717) is 0 Å². The molecule has 0 radical (unpaired) electrons. The molecule has 1 aromatic carbocycles. The van der Waals surface area contributed by atoms with E-state index in [2.05, 4.69) is 26.8 Å². The Labute approximate surface area is 107 Å². The Bertz CT molecular complexity index is 416. The van der Waals surface area contributed by atoms with Crippen LogP contribution >= 0.6 is 11.8 Å². The predicted molar refractivity (Wildman–Crippen MR) is 74.2 cm³/mol. The van der Waals surface area contributed by atoms with Crippen LogP contribution in [0, 0.1) is 0 Å². The van der Waals surface area contributed by atoms with E-state index in [-0.39, 0.29) is 4.75 Å². The Morgan fingerprint density at radius 2 is 2.12 bits per heavy atom. The number of carbonyl (C=O) groups is 1. The fourth-order valence-corrected chi connectivity index (χ4v) is 2.03. The van der Waals surface area contributed by atoms with Crippen LogP contribution in [0.4, 0.5) is 0 Å². The quantitative estimate of drug-likeness (QED) is 0.825. The van der Waals surface area contributed by atoms with Crippen molar-refractivity contribution in [2.24, 2.45) is 0 Å². The maximum atomic E-state index is 10.4. The largest absolute Gasteiger partial charge is 0.478 e. The van der Waals surface area contributed by atoms with Crippen molar-refractivity contribution in [3.63, 3.8) is 0 Å². The highest BCUT2D eigenvalue weighted by Gasteiger charge is 2.10. The maximum Gasteiger partial charge on any atom is 0.328 e. The van der Waals surface area contributed by atoms with Crippen molar-refractivity contribution in [1.29, 1.82) is 0 Å². The molecule has 0 atom stereocenters. The van der Waals surface area contributed by atoms with Crippen LogP contribution in [0.3, 0.4) is 0 Å². The van der Waals surface area contributed by atoms with Gasteiger partial charge >= 0.3 is 5.97 Å². The lowest BCUT2D eigenvalue weighted by molar-refractivity contribution is -0.131. The van der Waals surface area contributed by atoms with Gasteiger partial charge in [0.25, 0.3) is 0 Å². The normalized spacial score (nSPS) is 11.9. The van der Waals surface area contributed by atoms with Crippen molar-refractivity contribution >= 4 is 23.8 Å². The van der Waals surface area contributed by atoms with E-state index in [1.807, 2.05) is 30.0 Å². The van der Waals surface area contributed by atoms with Crippen LogP contribution in [0.25, 0.3) is 6.08 Å². The molecule has 1 rings (SSSR count). The van der Waals surface area contributed by atoms with Crippen molar-refractivity contribution < 1.29 is 9.90 Å². The third kappa shape index (κ3) is 6.17. The zero-order valence-corrected chi connectivity index (χ0v) is 11.3. The molecule has 0 bridgehead atoms. The molecule has 0 aliphatic heterocycles. The minimum atomic E-state index is -0.917. The Morgan fingerprint density at radius 3 is 2.71 bits per heavy atom. The van der Waals surface area contributed by atoms with E-state index in [1.165, 1.54) is 5.56 Å². The summed E-state index contributed by atoms with van der Waals surface area (Å²) in [7, 11) is 0. The van der Waals surface area contributed by atoms with Gasteiger partial charge in [-0.1, -0.05) is 45.0 Å². The number of rotatable bonds is 4. The standard InChI is InChI=1S/C14H18O2S/c1-14(2,3)17-10-12-6-4-5-11(9-12)7-8-13(15)16/h4-9H,10H2,1-3H3,(H,15,16). The number of carboxylic acid groups (broad SMARTS) is 1. The average Bonchev–Trinajstić information content (AvgIpc) is 2.23. The highest BCUT2D eigenvalue weighted by molar-refractivity contribution is 7.99. The van der Waals surface area contributed by atoms with Crippen LogP contribution in [0.2, 0.25) is 0 Å². The zero-order valence-electron chi connectivity index (χ0n) is 10.4.